The van der Waals surface area contributed by atoms with Gasteiger partial charge in [-0.1, -0.05) is 173 Å². The highest BCUT2D eigenvalue weighted by molar-refractivity contribution is 6.05. The number of benzene rings is 7. The molecule has 0 radical (unpaired) electrons. The molecule has 2 nitrogen and oxygen atoms in total. The Kier molecular flexibility index (Phi) is 7.86. The first-order chi connectivity index (χ1) is 28.0. The van der Waals surface area contributed by atoms with Crippen LogP contribution in [-0.2, 0) is 10.8 Å². The maximum atomic E-state index is 5.35. The Bertz CT molecular complexity index is 2750. The normalized spacial score (nSPS) is 18.1. The molecule has 1 atom stereocenters. The molecule has 3 aliphatic carbocycles. The number of amidine groups is 1. The molecule has 1 fully saturated rings. The largest absolute Gasteiger partial charge is 0.340 e. The second kappa shape index (κ2) is 13.2. The van der Waals surface area contributed by atoms with Gasteiger partial charge >= 0.3 is 0 Å². The van der Waals surface area contributed by atoms with Crippen LogP contribution in [0.2, 0.25) is 0 Å². The first-order valence-electron chi connectivity index (χ1n) is 20.8. The fraction of sp³-hybridized carbons (Fsp3) is 0.182. The molecule has 0 amide bonds. The highest BCUT2D eigenvalue weighted by Crippen LogP contribution is 2.60. The van der Waals surface area contributed by atoms with Gasteiger partial charge in [-0.2, -0.15) is 0 Å². The summed E-state index contributed by atoms with van der Waals surface area (Å²) in [7, 11) is 0. The lowest BCUT2D eigenvalue weighted by Gasteiger charge is -2.36. The molecule has 276 valence electrons. The van der Waals surface area contributed by atoms with Gasteiger partial charge in [-0.3, -0.25) is 4.99 Å². The van der Waals surface area contributed by atoms with Crippen LogP contribution in [0, 0.1) is 0 Å². The third-order valence-electron chi connectivity index (χ3n) is 13.5. The van der Waals surface area contributed by atoms with Crippen LogP contribution in [0.25, 0.3) is 50.2 Å². The predicted molar refractivity (Wildman–Crippen MR) is 237 cm³/mol. The molecule has 0 saturated heterocycles. The van der Waals surface area contributed by atoms with Crippen molar-refractivity contribution in [2.24, 2.45) is 4.99 Å². The molecule has 0 bridgehead atoms. The molecule has 4 aliphatic rings. The van der Waals surface area contributed by atoms with E-state index in [-0.39, 0.29) is 16.9 Å². The first-order valence-corrected chi connectivity index (χ1v) is 20.8. The highest BCUT2D eigenvalue weighted by Gasteiger charge is 2.46. The lowest BCUT2D eigenvalue weighted by Crippen LogP contribution is -2.28. The zero-order valence-electron chi connectivity index (χ0n) is 32.7. The van der Waals surface area contributed by atoms with Crippen molar-refractivity contribution in [3.05, 3.63) is 209 Å². The van der Waals surface area contributed by atoms with E-state index in [1.807, 2.05) is 0 Å². The zero-order chi connectivity index (χ0) is 38.1. The number of aliphatic imine (C=N–C) groups is 1. The molecule has 1 unspecified atom stereocenters. The SMILES string of the molecule is CC1(C)c2cc(-c3cccc(C4C=C(c5ccccc5)NC(c5ccc(-c6ccccc6)cc5)=N4)c3)ccc2-c2cc3c(cc21)-c1ccccc1C31CCCCC1. The van der Waals surface area contributed by atoms with Gasteiger partial charge in [0.05, 0.1) is 6.04 Å². The Morgan fingerprint density at radius 3 is 1.82 bits per heavy atom. The fourth-order valence-electron chi connectivity index (χ4n) is 10.5. The van der Waals surface area contributed by atoms with Crippen LogP contribution in [0.4, 0.5) is 0 Å². The van der Waals surface area contributed by atoms with E-state index in [9.17, 15) is 0 Å². The van der Waals surface area contributed by atoms with Gasteiger partial charge in [0.1, 0.15) is 5.84 Å². The van der Waals surface area contributed by atoms with Crippen molar-refractivity contribution in [1.82, 2.24) is 5.32 Å². The summed E-state index contributed by atoms with van der Waals surface area (Å²) in [6, 6.07) is 60.5. The number of fused-ring (bicyclic) bond motifs is 8. The summed E-state index contributed by atoms with van der Waals surface area (Å²) in [6.45, 7) is 4.85. The van der Waals surface area contributed by atoms with Crippen molar-refractivity contribution >= 4 is 11.5 Å². The van der Waals surface area contributed by atoms with Crippen molar-refractivity contribution in [1.29, 1.82) is 0 Å². The number of nitrogens with one attached hydrogen (secondary N) is 1. The van der Waals surface area contributed by atoms with E-state index in [2.05, 4.69) is 189 Å². The summed E-state index contributed by atoms with van der Waals surface area (Å²) in [6.07, 6.45) is 8.76. The number of rotatable bonds is 5. The van der Waals surface area contributed by atoms with E-state index >= 15 is 0 Å². The Labute approximate surface area is 336 Å². The third kappa shape index (κ3) is 5.49. The van der Waals surface area contributed by atoms with E-state index in [0.29, 0.717) is 0 Å². The predicted octanol–water partition coefficient (Wildman–Crippen LogP) is 13.7. The summed E-state index contributed by atoms with van der Waals surface area (Å²) in [5, 5.41) is 3.69. The summed E-state index contributed by atoms with van der Waals surface area (Å²) in [4.78, 5) is 5.35. The van der Waals surface area contributed by atoms with Crippen molar-refractivity contribution in [3.63, 3.8) is 0 Å². The van der Waals surface area contributed by atoms with Crippen molar-refractivity contribution in [3.8, 4) is 44.5 Å². The van der Waals surface area contributed by atoms with Gasteiger partial charge in [0.15, 0.2) is 0 Å². The Morgan fingerprint density at radius 2 is 1.04 bits per heavy atom. The molecular formula is C55H46N2. The maximum Gasteiger partial charge on any atom is 0.133 e. The monoisotopic (exact) mass is 734 g/mol. The average Bonchev–Trinajstić information content (AvgIpc) is 3.66. The second-order valence-electron chi connectivity index (χ2n) is 17.1. The molecule has 57 heavy (non-hydrogen) atoms. The minimum atomic E-state index is -0.141. The standard InChI is InChI=1S/C55H46N2/c1-54(2)48-32-41(27-28-44(48)45-34-50-46(33-49(45)54)43-21-10-11-22-47(43)55(50)29-12-5-13-30-55)40-19-14-20-42(31-40)52-35-51(38-17-8-4-9-18-38)56-53(57-52)39-25-23-37(24-26-39)36-15-6-3-7-16-36/h3-4,6-11,14-28,31-35,52H,5,12-13,29-30H2,1-2H3,(H,56,57). The van der Waals surface area contributed by atoms with Gasteiger partial charge in [-0.05, 0) is 121 Å². The molecule has 1 heterocycles. The molecule has 7 aromatic rings. The van der Waals surface area contributed by atoms with E-state index < -0.39 is 0 Å². The molecule has 1 N–H and O–H groups in total. The van der Waals surface area contributed by atoms with Gasteiger partial charge in [0.2, 0.25) is 0 Å². The average molecular weight is 735 g/mol. The topological polar surface area (TPSA) is 24.4 Å². The summed E-state index contributed by atoms with van der Waals surface area (Å²) < 4.78 is 0. The zero-order valence-corrected chi connectivity index (χ0v) is 32.7. The first kappa shape index (κ1) is 34.0. The van der Waals surface area contributed by atoms with Crippen LogP contribution in [0.3, 0.4) is 0 Å². The number of hydrogen-bond donors (Lipinski definition) is 1. The molecule has 1 spiro atoms. The van der Waals surface area contributed by atoms with Gasteiger partial charge < -0.3 is 5.32 Å². The Hall–Kier alpha value is -6.25. The quantitative estimate of drug-likeness (QED) is 0.187. The smallest absolute Gasteiger partial charge is 0.133 e. The van der Waals surface area contributed by atoms with Gasteiger partial charge in [0, 0.05) is 22.1 Å². The molecule has 1 aliphatic heterocycles. The van der Waals surface area contributed by atoms with E-state index in [1.54, 1.807) is 11.1 Å². The van der Waals surface area contributed by atoms with Crippen LogP contribution < -0.4 is 5.32 Å². The van der Waals surface area contributed by atoms with Crippen molar-refractivity contribution < 1.29 is 0 Å². The Balaban J connectivity index is 0.960. The number of nitrogens with zero attached hydrogens (tertiary/aromatic N) is 1. The molecule has 7 aromatic carbocycles. The minimum Gasteiger partial charge on any atom is -0.340 e. The van der Waals surface area contributed by atoms with Crippen LogP contribution in [0.5, 0.6) is 0 Å². The summed E-state index contributed by atoms with van der Waals surface area (Å²) >= 11 is 0. The molecule has 1 saturated carbocycles. The molecule has 0 aromatic heterocycles. The number of hydrogen-bond acceptors (Lipinski definition) is 2. The van der Waals surface area contributed by atoms with Crippen molar-refractivity contribution in [2.45, 2.75) is 62.8 Å². The highest BCUT2D eigenvalue weighted by atomic mass is 15.0. The van der Waals surface area contributed by atoms with E-state index in [4.69, 9.17) is 4.99 Å². The lowest BCUT2D eigenvalue weighted by atomic mass is 9.67. The lowest BCUT2D eigenvalue weighted by molar-refractivity contribution is 0.353. The molecule has 2 heteroatoms. The van der Waals surface area contributed by atoms with Crippen LogP contribution >= 0.6 is 0 Å². The van der Waals surface area contributed by atoms with E-state index in [1.165, 1.54) is 93.3 Å². The second-order valence-corrected chi connectivity index (χ2v) is 17.1. The van der Waals surface area contributed by atoms with Gasteiger partial charge in [-0.25, -0.2) is 0 Å². The maximum absolute atomic E-state index is 5.35. The Morgan fingerprint density at radius 1 is 0.456 bits per heavy atom. The van der Waals surface area contributed by atoms with Crippen molar-refractivity contribution in [2.75, 3.05) is 0 Å². The summed E-state index contributed by atoms with van der Waals surface area (Å²) in [5.41, 5.74) is 21.1. The third-order valence-corrected chi connectivity index (χ3v) is 13.5. The van der Waals surface area contributed by atoms with Gasteiger partial charge in [0.25, 0.3) is 0 Å². The van der Waals surface area contributed by atoms with Crippen LogP contribution in [0.1, 0.15) is 90.9 Å². The van der Waals surface area contributed by atoms with E-state index in [0.717, 1.165) is 22.7 Å². The van der Waals surface area contributed by atoms with Crippen LogP contribution in [0.15, 0.2) is 175 Å². The summed E-state index contributed by atoms with van der Waals surface area (Å²) in [5.74, 6) is 0.882. The van der Waals surface area contributed by atoms with Crippen LogP contribution in [-0.4, -0.2) is 5.84 Å². The fourth-order valence-corrected chi connectivity index (χ4v) is 10.5. The molecular weight excluding hydrogens is 689 g/mol. The molecule has 11 rings (SSSR count). The van der Waals surface area contributed by atoms with Gasteiger partial charge in [-0.15, -0.1) is 0 Å². The minimum absolute atomic E-state index is 0.109.